The number of ether oxygens (including phenoxy) is 1. The Morgan fingerprint density at radius 3 is 2.71 bits per heavy atom. The van der Waals surface area contributed by atoms with Gasteiger partial charge in [-0.25, -0.2) is 4.79 Å². The van der Waals surface area contributed by atoms with E-state index in [9.17, 15) is 19.5 Å². The Hall–Kier alpha value is -2.83. The molecule has 0 saturated carbocycles. The summed E-state index contributed by atoms with van der Waals surface area (Å²) in [7, 11) is 0. The van der Waals surface area contributed by atoms with Gasteiger partial charge in [0.15, 0.2) is 6.61 Å². The maximum atomic E-state index is 11.7. The first kappa shape index (κ1) is 17.5. The van der Waals surface area contributed by atoms with E-state index in [0.717, 1.165) is 10.9 Å². The van der Waals surface area contributed by atoms with Crippen molar-refractivity contribution in [2.75, 3.05) is 13.2 Å². The van der Waals surface area contributed by atoms with Gasteiger partial charge in [-0.2, -0.15) is 0 Å². The Labute approximate surface area is 138 Å². The van der Waals surface area contributed by atoms with Gasteiger partial charge >= 0.3 is 5.63 Å². The highest BCUT2D eigenvalue weighted by Gasteiger charge is 2.09. The number of aryl methyl sites for hydroxylation is 1. The molecule has 128 valence electrons. The van der Waals surface area contributed by atoms with Crippen LogP contribution in [0.4, 0.5) is 0 Å². The van der Waals surface area contributed by atoms with Crippen LogP contribution in [0.5, 0.6) is 5.75 Å². The lowest BCUT2D eigenvalue weighted by Crippen LogP contribution is -2.31. The molecule has 0 atom stereocenters. The van der Waals surface area contributed by atoms with Gasteiger partial charge in [-0.15, -0.1) is 0 Å². The van der Waals surface area contributed by atoms with Gasteiger partial charge in [0.1, 0.15) is 11.3 Å². The molecule has 24 heavy (non-hydrogen) atoms. The summed E-state index contributed by atoms with van der Waals surface area (Å²) < 4.78 is 10.6. The summed E-state index contributed by atoms with van der Waals surface area (Å²) in [5.41, 5.74) is 1.41. The standard InChI is InChI=1S/C17H19NO6/c1-10-11(2)17(22)24-14-8-12(5-6-13(10)14)23-9-15(19)18-7-3-4-16(20)21/h5-6,8H,3-4,7,9H2,1-2H3,(H,18,19)(H,20,21)/p-1. The summed E-state index contributed by atoms with van der Waals surface area (Å²) >= 11 is 0. The lowest BCUT2D eigenvalue weighted by Gasteiger charge is -2.09. The number of amides is 1. The number of carbonyl (C=O) groups is 2. The molecule has 0 aliphatic heterocycles. The van der Waals surface area contributed by atoms with Crippen LogP contribution in [0.15, 0.2) is 27.4 Å². The van der Waals surface area contributed by atoms with Gasteiger partial charge in [-0.05, 0) is 44.4 Å². The van der Waals surface area contributed by atoms with Crippen molar-refractivity contribution in [1.82, 2.24) is 5.32 Å². The fourth-order valence-corrected chi connectivity index (χ4v) is 2.18. The van der Waals surface area contributed by atoms with Crippen molar-refractivity contribution in [3.63, 3.8) is 0 Å². The number of hydrogen-bond acceptors (Lipinski definition) is 6. The molecule has 0 radical (unpaired) electrons. The van der Waals surface area contributed by atoms with Crippen LogP contribution >= 0.6 is 0 Å². The topological polar surface area (TPSA) is 109 Å². The van der Waals surface area contributed by atoms with E-state index in [2.05, 4.69) is 5.32 Å². The number of hydrogen-bond donors (Lipinski definition) is 1. The lowest BCUT2D eigenvalue weighted by molar-refractivity contribution is -0.305. The number of aliphatic carboxylic acids is 1. The lowest BCUT2D eigenvalue weighted by atomic mass is 10.1. The van der Waals surface area contributed by atoms with Crippen LogP contribution in [0.1, 0.15) is 24.0 Å². The van der Waals surface area contributed by atoms with Crippen LogP contribution in [0.25, 0.3) is 11.0 Å². The second-order valence-electron chi connectivity index (χ2n) is 5.41. The van der Waals surface area contributed by atoms with Crippen molar-refractivity contribution in [2.45, 2.75) is 26.7 Å². The molecule has 0 unspecified atom stereocenters. The number of fused-ring (bicyclic) bond motifs is 1. The van der Waals surface area contributed by atoms with Crippen LogP contribution < -0.4 is 20.8 Å². The van der Waals surface area contributed by atoms with Crippen molar-refractivity contribution in [2.24, 2.45) is 0 Å². The van der Waals surface area contributed by atoms with Gasteiger partial charge in [0.05, 0.1) is 0 Å². The number of carbonyl (C=O) groups excluding carboxylic acids is 2. The summed E-state index contributed by atoms with van der Waals surface area (Å²) in [4.78, 5) is 33.6. The second-order valence-corrected chi connectivity index (χ2v) is 5.41. The average Bonchev–Trinajstić information content (AvgIpc) is 2.54. The highest BCUT2D eigenvalue weighted by molar-refractivity contribution is 5.82. The predicted molar refractivity (Wildman–Crippen MR) is 84.7 cm³/mol. The van der Waals surface area contributed by atoms with Gasteiger partial charge < -0.3 is 24.4 Å². The first-order valence-corrected chi connectivity index (χ1v) is 7.52. The third-order valence-electron chi connectivity index (χ3n) is 3.68. The first-order valence-electron chi connectivity index (χ1n) is 7.52. The minimum atomic E-state index is -1.15. The van der Waals surface area contributed by atoms with Gasteiger partial charge in [0.2, 0.25) is 0 Å². The van der Waals surface area contributed by atoms with E-state index in [1.54, 1.807) is 25.1 Å². The van der Waals surface area contributed by atoms with Crippen molar-refractivity contribution >= 4 is 22.8 Å². The van der Waals surface area contributed by atoms with E-state index in [4.69, 9.17) is 9.15 Å². The normalized spacial score (nSPS) is 10.6. The molecule has 0 saturated heterocycles. The molecule has 2 rings (SSSR count). The Morgan fingerprint density at radius 1 is 1.25 bits per heavy atom. The van der Waals surface area contributed by atoms with E-state index in [-0.39, 0.29) is 25.5 Å². The Kier molecular flexibility index (Phi) is 5.57. The van der Waals surface area contributed by atoms with Gasteiger partial charge in [0, 0.05) is 29.5 Å². The number of benzene rings is 1. The van der Waals surface area contributed by atoms with Crippen LogP contribution in [-0.4, -0.2) is 25.0 Å². The Bertz CT molecular complexity index is 824. The molecule has 1 aromatic heterocycles. The van der Waals surface area contributed by atoms with Crippen LogP contribution in [-0.2, 0) is 9.59 Å². The van der Waals surface area contributed by atoms with Crippen molar-refractivity contribution in [3.05, 3.63) is 39.7 Å². The fraction of sp³-hybridized carbons (Fsp3) is 0.353. The quantitative estimate of drug-likeness (QED) is 0.582. The smallest absolute Gasteiger partial charge is 0.339 e. The summed E-state index contributed by atoms with van der Waals surface area (Å²) in [6, 6.07) is 5.03. The monoisotopic (exact) mass is 332 g/mol. The predicted octanol–water partition coefficient (Wildman–Crippen LogP) is 0.435. The molecule has 2 aromatic rings. The van der Waals surface area contributed by atoms with Crippen molar-refractivity contribution in [1.29, 1.82) is 0 Å². The molecule has 1 heterocycles. The third kappa shape index (κ3) is 4.34. The molecule has 0 fully saturated rings. The highest BCUT2D eigenvalue weighted by Crippen LogP contribution is 2.23. The minimum absolute atomic E-state index is 0.108. The average molecular weight is 332 g/mol. The third-order valence-corrected chi connectivity index (χ3v) is 3.68. The molecule has 7 heteroatoms. The zero-order valence-electron chi connectivity index (χ0n) is 13.5. The number of carboxylic acid groups (broad SMARTS) is 1. The fourth-order valence-electron chi connectivity index (χ4n) is 2.18. The van der Waals surface area contributed by atoms with Gasteiger partial charge in [-0.3, -0.25) is 4.79 Å². The Balaban J connectivity index is 1.96. The van der Waals surface area contributed by atoms with E-state index in [0.29, 0.717) is 23.3 Å². The molecule has 7 nitrogen and oxygen atoms in total. The molecule has 0 aliphatic carbocycles. The van der Waals surface area contributed by atoms with E-state index in [1.165, 1.54) is 0 Å². The zero-order valence-corrected chi connectivity index (χ0v) is 13.5. The first-order chi connectivity index (χ1) is 11.4. The molecule has 0 spiro atoms. The molecule has 1 aromatic carbocycles. The maximum Gasteiger partial charge on any atom is 0.339 e. The maximum absolute atomic E-state index is 11.7. The van der Waals surface area contributed by atoms with Crippen molar-refractivity contribution in [3.8, 4) is 5.75 Å². The molecule has 1 amide bonds. The number of carboxylic acids is 1. The van der Waals surface area contributed by atoms with Crippen molar-refractivity contribution < 1.29 is 23.8 Å². The van der Waals surface area contributed by atoms with E-state index >= 15 is 0 Å². The SMILES string of the molecule is Cc1c(C)c2ccc(OCC(=O)NCCCC(=O)[O-])cc2oc1=O. The highest BCUT2D eigenvalue weighted by atomic mass is 16.5. The number of rotatable bonds is 7. The second kappa shape index (κ2) is 7.63. The summed E-state index contributed by atoms with van der Waals surface area (Å²) in [5.74, 6) is -1.11. The van der Waals surface area contributed by atoms with Gasteiger partial charge in [-0.1, -0.05) is 0 Å². The molecule has 0 aliphatic rings. The van der Waals surface area contributed by atoms with Crippen LogP contribution in [0.3, 0.4) is 0 Å². The van der Waals surface area contributed by atoms with Crippen LogP contribution in [0.2, 0.25) is 0 Å². The zero-order chi connectivity index (χ0) is 17.7. The summed E-state index contributed by atoms with van der Waals surface area (Å²) in [6.45, 7) is 3.57. The minimum Gasteiger partial charge on any atom is -0.550 e. The van der Waals surface area contributed by atoms with E-state index in [1.807, 2.05) is 6.92 Å². The van der Waals surface area contributed by atoms with Gasteiger partial charge in [0.25, 0.3) is 5.91 Å². The Morgan fingerprint density at radius 2 is 2.00 bits per heavy atom. The molecular formula is C17H18NO6-. The van der Waals surface area contributed by atoms with E-state index < -0.39 is 11.6 Å². The molecular weight excluding hydrogens is 314 g/mol. The summed E-state index contributed by atoms with van der Waals surface area (Å²) in [6.07, 6.45) is 0.192. The largest absolute Gasteiger partial charge is 0.550 e. The number of nitrogens with one attached hydrogen (secondary N) is 1. The summed E-state index contributed by atoms with van der Waals surface area (Å²) in [5, 5.41) is 13.6. The molecule has 0 bridgehead atoms. The molecule has 1 N–H and O–H groups in total. The van der Waals surface area contributed by atoms with Crippen LogP contribution in [0, 0.1) is 13.8 Å².